The van der Waals surface area contributed by atoms with E-state index in [1.165, 1.54) is 11.3 Å². The summed E-state index contributed by atoms with van der Waals surface area (Å²) in [7, 11) is 1.67. The van der Waals surface area contributed by atoms with Gasteiger partial charge in [-0.15, -0.1) is 10.2 Å². The number of ether oxygens (including phenoxy) is 2. The Kier molecular flexibility index (Phi) is 4.12. The lowest BCUT2D eigenvalue weighted by Crippen LogP contribution is -2.05. The van der Waals surface area contributed by atoms with Crippen LogP contribution in [0.25, 0.3) is 4.96 Å². The summed E-state index contributed by atoms with van der Waals surface area (Å²) in [4.78, 5) is 0.777. The van der Waals surface area contributed by atoms with Crippen LogP contribution in [0.15, 0.2) is 30.3 Å². The Hall–Kier alpha value is -1.99. The van der Waals surface area contributed by atoms with E-state index in [1.807, 2.05) is 37.3 Å². The van der Waals surface area contributed by atoms with Crippen molar-refractivity contribution >= 4 is 16.3 Å². The highest BCUT2D eigenvalue weighted by Gasteiger charge is 2.17. The molecule has 0 unspecified atom stereocenters. The lowest BCUT2D eigenvalue weighted by atomic mass is 10.3. The first-order valence-electron chi connectivity index (χ1n) is 6.69. The van der Waals surface area contributed by atoms with Crippen LogP contribution in [0.5, 0.6) is 5.75 Å². The standard InChI is InChI=1S/C14H16N4O2S/c1-10(20-11-6-4-3-5-7-11)13-17-18-12(8-9-19-2)15-16-14(18)21-13/h3-7,10H,8-9H2,1-2H3/t10-/m0/s1. The van der Waals surface area contributed by atoms with Crippen molar-refractivity contribution < 1.29 is 9.47 Å². The molecular weight excluding hydrogens is 288 g/mol. The van der Waals surface area contributed by atoms with E-state index >= 15 is 0 Å². The van der Waals surface area contributed by atoms with Crippen LogP contribution < -0.4 is 4.74 Å². The zero-order valence-electron chi connectivity index (χ0n) is 11.9. The monoisotopic (exact) mass is 304 g/mol. The lowest BCUT2D eigenvalue weighted by Gasteiger charge is -2.11. The average Bonchev–Trinajstić information content (AvgIpc) is 3.07. The van der Waals surface area contributed by atoms with E-state index in [1.54, 1.807) is 11.6 Å². The maximum absolute atomic E-state index is 5.88. The van der Waals surface area contributed by atoms with Crippen molar-refractivity contribution in [2.24, 2.45) is 0 Å². The number of nitrogens with zero attached hydrogens (tertiary/aromatic N) is 4. The average molecular weight is 304 g/mol. The highest BCUT2D eigenvalue weighted by Crippen LogP contribution is 2.25. The largest absolute Gasteiger partial charge is 0.483 e. The summed E-state index contributed by atoms with van der Waals surface area (Å²) in [5.74, 6) is 1.64. The first-order chi connectivity index (χ1) is 10.3. The summed E-state index contributed by atoms with van der Waals surface area (Å²) < 4.78 is 12.7. The quantitative estimate of drug-likeness (QED) is 0.700. The van der Waals surface area contributed by atoms with E-state index in [0.29, 0.717) is 13.0 Å². The minimum atomic E-state index is -0.130. The fourth-order valence-corrected chi connectivity index (χ4v) is 2.78. The molecule has 0 spiro atoms. The molecule has 0 radical (unpaired) electrons. The molecular formula is C14H16N4O2S. The smallest absolute Gasteiger partial charge is 0.234 e. The minimum absolute atomic E-state index is 0.130. The van der Waals surface area contributed by atoms with Gasteiger partial charge >= 0.3 is 0 Å². The predicted molar refractivity (Wildman–Crippen MR) is 79.7 cm³/mol. The molecule has 1 aromatic carbocycles. The second-order valence-corrected chi connectivity index (χ2v) is 5.55. The van der Waals surface area contributed by atoms with Crippen molar-refractivity contribution in [3.05, 3.63) is 41.2 Å². The van der Waals surface area contributed by atoms with Crippen LogP contribution in [0.3, 0.4) is 0 Å². The molecule has 110 valence electrons. The van der Waals surface area contributed by atoms with E-state index in [4.69, 9.17) is 9.47 Å². The molecule has 6 nitrogen and oxygen atoms in total. The van der Waals surface area contributed by atoms with Crippen LogP contribution in [-0.2, 0) is 11.2 Å². The number of hydrogen-bond donors (Lipinski definition) is 0. The number of hydrogen-bond acceptors (Lipinski definition) is 6. The van der Waals surface area contributed by atoms with Gasteiger partial charge in [0.1, 0.15) is 11.9 Å². The Bertz CT molecular complexity index is 710. The Labute approximate surface area is 126 Å². The van der Waals surface area contributed by atoms with Crippen LogP contribution >= 0.6 is 11.3 Å². The molecule has 3 rings (SSSR count). The van der Waals surface area contributed by atoms with Crippen molar-refractivity contribution in [3.8, 4) is 5.75 Å². The Morgan fingerprint density at radius 2 is 2.05 bits per heavy atom. The molecule has 0 aliphatic heterocycles. The van der Waals surface area contributed by atoms with E-state index in [-0.39, 0.29) is 6.10 Å². The zero-order valence-corrected chi connectivity index (χ0v) is 12.7. The van der Waals surface area contributed by atoms with Gasteiger partial charge in [-0.05, 0) is 19.1 Å². The summed E-state index contributed by atoms with van der Waals surface area (Å²) in [5.41, 5.74) is 0. The molecule has 21 heavy (non-hydrogen) atoms. The summed E-state index contributed by atoms with van der Waals surface area (Å²) >= 11 is 1.49. The maximum Gasteiger partial charge on any atom is 0.234 e. The van der Waals surface area contributed by atoms with E-state index < -0.39 is 0 Å². The number of methoxy groups -OCH3 is 1. The van der Waals surface area contributed by atoms with Crippen LogP contribution in [0.2, 0.25) is 0 Å². The fourth-order valence-electron chi connectivity index (χ4n) is 1.94. The SMILES string of the molecule is COCCc1nnc2sc([C@H](C)Oc3ccccc3)nn12. The molecule has 0 aliphatic carbocycles. The van der Waals surface area contributed by atoms with Gasteiger partial charge in [0, 0.05) is 13.5 Å². The van der Waals surface area contributed by atoms with Gasteiger partial charge < -0.3 is 9.47 Å². The molecule has 0 bridgehead atoms. The van der Waals surface area contributed by atoms with Gasteiger partial charge in [0.25, 0.3) is 0 Å². The fraction of sp³-hybridized carbons (Fsp3) is 0.357. The summed E-state index contributed by atoms with van der Waals surface area (Å²) in [6.07, 6.45) is 0.559. The number of fused-ring (bicyclic) bond motifs is 1. The summed E-state index contributed by atoms with van der Waals surface area (Å²) in [5, 5.41) is 13.7. The normalized spacial score (nSPS) is 12.7. The van der Waals surface area contributed by atoms with Crippen LogP contribution in [0.1, 0.15) is 23.9 Å². The molecule has 0 aliphatic rings. The highest BCUT2D eigenvalue weighted by atomic mass is 32.1. The molecule has 1 atom stereocenters. The van der Waals surface area contributed by atoms with E-state index in [0.717, 1.165) is 21.5 Å². The molecule has 2 aromatic heterocycles. The molecule has 0 fully saturated rings. The van der Waals surface area contributed by atoms with E-state index in [9.17, 15) is 0 Å². The van der Waals surface area contributed by atoms with Crippen LogP contribution in [-0.4, -0.2) is 33.5 Å². The predicted octanol–water partition coefficient (Wildman–Crippen LogP) is 2.51. The second kappa shape index (κ2) is 6.19. The minimum Gasteiger partial charge on any atom is -0.483 e. The third-order valence-electron chi connectivity index (χ3n) is 3.00. The maximum atomic E-state index is 5.88. The van der Waals surface area contributed by atoms with Crippen molar-refractivity contribution in [2.75, 3.05) is 13.7 Å². The van der Waals surface area contributed by atoms with Gasteiger partial charge in [0.15, 0.2) is 10.8 Å². The molecule has 0 N–H and O–H groups in total. The summed E-state index contributed by atoms with van der Waals surface area (Å²) in [6.45, 7) is 2.58. The Morgan fingerprint density at radius 3 is 2.81 bits per heavy atom. The van der Waals surface area contributed by atoms with Gasteiger partial charge in [-0.3, -0.25) is 0 Å². The lowest BCUT2D eigenvalue weighted by molar-refractivity contribution is 0.200. The van der Waals surface area contributed by atoms with Crippen molar-refractivity contribution in [2.45, 2.75) is 19.4 Å². The third-order valence-corrected chi connectivity index (χ3v) is 4.06. The topological polar surface area (TPSA) is 61.5 Å². The highest BCUT2D eigenvalue weighted by molar-refractivity contribution is 7.16. The first-order valence-corrected chi connectivity index (χ1v) is 7.51. The number of aromatic nitrogens is 4. The van der Waals surface area contributed by atoms with Gasteiger partial charge in [0.05, 0.1) is 6.61 Å². The third kappa shape index (κ3) is 3.03. The van der Waals surface area contributed by atoms with Crippen LogP contribution in [0.4, 0.5) is 0 Å². The van der Waals surface area contributed by atoms with Gasteiger partial charge in [-0.25, -0.2) is 0 Å². The molecule has 0 saturated heterocycles. The summed E-state index contributed by atoms with van der Waals surface area (Å²) in [6, 6.07) is 9.72. The molecule has 7 heteroatoms. The molecule has 3 aromatic rings. The van der Waals surface area contributed by atoms with Gasteiger partial charge in [0.2, 0.25) is 4.96 Å². The van der Waals surface area contributed by atoms with Gasteiger partial charge in [-0.2, -0.15) is 9.61 Å². The van der Waals surface area contributed by atoms with Gasteiger partial charge in [-0.1, -0.05) is 29.5 Å². The number of rotatable bonds is 6. The van der Waals surface area contributed by atoms with Crippen molar-refractivity contribution in [3.63, 3.8) is 0 Å². The Morgan fingerprint density at radius 1 is 1.24 bits per heavy atom. The number of benzene rings is 1. The van der Waals surface area contributed by atoms with E-state index in [2.05, 4.69) is 15.3 Å². The molecule has 2 heterocycles. The van der Waals surface area contributed by atoms with Crippen LogP contribution in [0, 0.1) is 0 Å². The molecule has 0 amide bonds. The molecule has 0 saturated carbocycles. The first kappa shape index (κ1) is 14.0. The van der Waals surface area contributed by atoms with Crippen molar-refractivity contribution in [1.82, 2.24) is 19.8 Å². The zero-order chi connectivity index (χ0) is 14.7. The number of para-hydroxylation sites is 1. The van der Waals surface area contributed by atoms with Crippen molar-refractivity contribution in [1.29, 1.82) is 0 Å². The second-order valence-electron chi connectivity index (χ2n) is 4.57. The Balaban J connectivity index is 1.79.